The lowest BCUT2D eigenvalue weighted by Crippen LogP contribution is -2.23. The fraction of sp³-hybridized carbons (Fsp3) is 0.333. The number of aromatic nitrogens is 4. The zero-order valence-electron chi connectivity index (χ0n) is 10.5. The molecule has 2 aromatic rings. The Hall–Kier alpha value is -1.76. The van der Waals surface area contributed by atoms with Crippen molar-refractivity contribution < 1.29 is 4.39 Å². The first-order valence-electron chi connectivity index (χ1n) is 5.86. The first-order chi connectivity index (χ1) is 9.19. The van der Waals surface area contributed by atoms with E-state index in [9.17, 15) is 4.39 Å². The van der Waals surface area contributed by atoms with Crippen molar-refractivity contribution >= 4 is 16.8 Å². The van der Waals surface area contributed by atoms with Crippen LogP contribution in [0.3, 0.4) is 0 Å². The molecule has 0 N–H and O–H groups in total. The van der Waals surface area contributed by atoms with Crippen LogP contribution in [0, 0.1) is 5.82 Å². The Kier molecular flexibility index (Phi) is 3.06. The number of rotatable bonds is 1. The zero-order valence-corrected chi connectivity index (χ0v) is 11.4. The van der Waals surface area contributed by atoms with Gasteiger partial charge >= 0.3 is 0 Å². The van der Waals surface area contributed by atoms with E-state index in [0.717, 1.165) is 10.9 Å². The highest BCUT2D eigenvalue weighted by Crippen LogP contribution is 2.23. The fourth-order valence-electron chi connectivity index (χ4n) is 2.04. The number of pyridine rings is 1. The standard InChI is InChI=1S/C12H12FN5S/c1-7-6-18-10(9-4-3-8(13)5-14-9)16-17-11(18)12(15-7)19-2/h3-5,7H,6H2,1-2H3. The lowest BCUT2D eigenvalue weighted by molar-refractivity contribution is 0.576. The number of halogens is 1. The Bertz CT molecular complexity index is 634. The first kappa shape index (κ1) is 12.3. The maximum atomic E-state index is 12.9. The summed E-state index contributed by atoms with van der Waals surface area (Å²) in [4.78, 5) is 8.60. The van der Waals surface area contributed by atoms with E-state index in [2.05, 4.69) is 20.2 Å². The van der Waals surface area contributed by atoms with E-state index in [1.54, 1.807) is 17.8 Å². The molecule has 98 valence electrons. The predicted octanol–water partition coefficient (Wildman–Crippen LogP) is 1.99. The molecule has 3 heterocycles. The van der Waals surface area contributed by atoms with Crippen LogP contribution in [0.2, 0.25) is 0 Å². The van der Waals surface area contributed by atoms with Gasteiger partial charge in [0.15, 0.2) is 11.6 Å². The van der Waals surface area contributed by atoms with Crippen LogP contribution < -0.4 is 0 Å². The molecular weight excluding hydrogens is 265 g/mol. The first-order valence-corrected chi connectivity index (χ1v) is 7.09. The van der Waals surface area contributed by atoms with Gasteiger partial charge in [-0.25, -0.2) is 9.37 Å². The van der Waals surface area contributed by atoms with E-state index >= 15 is 0 Å². The topological polar surface area (TPSA) is 56.0 Å². The zero-order chi connectivity index (χ0) is 13.4. The van der Waals surface area contributed by atoms with Crippen LogP contribution in [0.4, 0.5) is 4.39 Å². The average Bonchev–Trinajstić information content (AvgIpc) is 2.82. The molecule has 0 aliphatic carbocycles. The summed E-state index contributed by atoms with van der Waals surface area (Å²) < 4.78 is 14.9. The molecule has 0 amide bonds. The van der Waals surface area contributed by atoms with Gasteiger partial charge in [-0.05, 0) is 25.3 Å². The van der Waals surface area contributed by atoms with Crippen molar-refractivity contribution in [2.45, 2.75) is 19.5 Å². The van der Waals surface area contributed by atoms with Crippen molar-refractivity contribution in [3.05, 3.63) is 30.0 Å². The third kappa shape index (κ3) is 2.14. The lowest BCUT2D eigenvalue weighted by atomic mass is 10.2. The predicted molar refractivity (Wildman–Crippen MR) is 72.7 cm³/mol. The molecule has 0 spiro atoms. The number of hydrogen-bond donors (Lipinski definition) is 0. The van der Waals surface area contributed by atoms with E-state index in [4.69, 9.17) is 0 Å². The van der Waals surface area contributed by atoms with Crippen molar-refractivity contribution in [1.29, 1.82) is 0 Å². The minimum Gasteiger partial charge on any atom is -0.302 e. The molecule has 19 heavy (non-hydrogen) atoms. The maximum absolute atomic E-state index is 12.9. The normalized spacial score (nSPS) is 18.1. The molecule has 0 saturated carbocycles. The summed E-state index contributed by atoms with van der Waals surface area (Å²) in [7, 11) is 0. The molecule has 0 saturated heterocycles. The van der Waals surface area contributed by atoms with Gasteiger partial charge in [-0.15, -0.1) is 22.0 Å². The van der Waals surface area contributed by atoms with E-state index in [1.807, 2.05) is 17.7 Å². The third-order valence-corrected chi connectivity index (χ3v) is 3.55. The van der Waals surface area contributed by atoms with Gasteiger partial charge in [0.05, 0.1) is 12.2 Å². The highest BCUT2D eigenvalue weighted by atomic mass is 32.2. The smallest absolute Gasteiger partial charge is 0.189 e. The van der Waals surface area contributed by atoms with Crippen molar-refractivity contribution in [3.8, 4) is 11.5 Å². The van der Waals surface area contributed by atoms with E-state index < -0.39 is 0 Å². The summed E-state index contributed by atoms with van der Waals surface area (Å²) in [5.41, 5.74) is 0.620. The Balaban J connectivity index is 2.09. The van der Waals surface area contributed by atoms with Crippen LogP contribution in [0.1, 0.15) is 12.7 Å². The highest BCUT2D eigenvalue weighted by Gasteiger charge is 2.24. The van der Waals surface area contributed by atoms with Gasteiger partial charge in [-0.1, -0.05) is 0 Å². The number of fused-ring (bicyclic) bond motifs is 1. The van der Waals surface area contributed by atoms with Gasteiger partial charge < -0.3 is 4.57 Å². The molecule has 1 unspecified atom stereocenters. The minimum absolute atomic E-state index is 0.171. The van der Waals surface area contributed by atoms with Crippen molar-refractivity contribution in [3.63, 3.8) is 0 Å². The second-order valence-electron chi connectivity index (χ2n) is 4.31. The number of hydrogen-bond acceptors (Lipinski definition) is 5. The number of aliphatic imine (C=N–C) groups is 1. The quantitative estimate of drug-likeness (QED) is 0.800. The molecule has 5 nitrogen and oxygen atoms in total. The molecule has 2 aromatic heterocycles. The van der Waals surface area contributed by atoms with Gasteiger partial charge in [0.1, 0.15) is 16.6 Å². The summed E-state index contributed by atoms with van der Waals surface area (Å²) in [5.74, 6) is 1.05. The van der Waals surface area contributed by atoms with Crippen molar-refractivity contribution in [2.24, 2.45) is 4.99 Å². The SMILES string of the molecule is CSC1=NC(C)Cn2c1nnc2-c1ccc(F)cn1. The monoisotopic (exact) mass is 277 g/mol. The van der Waals surface area contributed by atoms with Crippen LogP contribution in [-0.4, -0.2) is 37.1 Å². The molecule has 0 radical (unpaired) electrons. The minimum atomic E-state index is -0.359. The molecule has 0 aromatic carbocycles. The average molecular weight is 277 g/mol. The largest absolute Gasteiger partial charge is 0.302 e. The van der Waals surface area contributed by atoms with Crippen LogP contribution in [-0.2, 0) is 6.54 Å². The maximum Gasteiger partial charge on any atom is 0.189 e. The van der Waals surface area contributed by atoms with Crippen molar-refractivity contribution in [2.75, 3.05) is 6.26 Å². The molecule has 3 rings (SSSR count). The molecule has 1 atom stereocenters. The van der Waals surface area contributed by atoms with Gasteiger partial charge in [-0.3, -0.25) is 4.99 Å². The Morgan fingerprint density at radius 2 is 2.11 bits per heavy atom. The number of thioether (sulfide) groups is 1. The second kappa shape index (κ2) is 4.73. The van der Waals surface area contributed by atoms with E-state index in [-0.39, 0.29) is 11.9 Å². The molecule has 7 heteroatoms. The summed E-state index contributed by atoms with van der Waals surface area (Å²) in [6, 6.07) is 3.16. The van der Waals surface area contributed by atoms with Crippen LogP contribution >= 0.6 is 11.8 Å². The van der Waals surface area contributed by atoms with E-state index in [0.29, 0.717) is 18.1 Å². The van der Waals surface area contributed by atoms with Crippen LogP contribution in [0.15, 0.2) is 23.3 Å². The Labute approximate surface area is 114 Å². The Morgan fingerprint density at radius 3 is 2.79 bits per heavy atom. The summed E-state index contributed by atoms with van der Waals surface area (Å²) >= 11 is 1.55. The fourth-order valence-corrected chi connectivity index (χ4v) is 2.66. The summed E-state index contributed by atoms with van der Waals surface area (Å²) in [5, 5.41) is 9.21. The van der Waals surface area contributed by atoms with Gasteiger partial charge in [-0.2, -0.15) is 0 Å². The molecule has 0 bridgehead atoms. The Morgan fingerprint density at radius 1 is 1.32 bits per heavy atom. The van der Waals surface area contributed by atoms with E-state index in [1.165, 1.54) is 12.3 Å². The molecule has 0 fully saturated rings. The molecule has 1 aliphatic rings. The number of nitrogens with zero attached hydrogens (tertiary/aromatic N) is 5. The summed E-state index contributed by atoms with van der Waals surface area (Å²) in [6.07, 6.45) is 3.15. The highest BCUT2D eigenvalue weighted by molar-refractivity contribution is 8.13. The summed E-state index contributed by atoms with van der Waals surface area (Å²) in [6.45, 7) is 2.75. The van der Waals surface area contributed by atoms with Gasteiger partial charge in [0, 0.05) is 6.54 Å². The van der Waals surface area contributed by atoms with Crippen LogP contribution in [0.5, 0.6) is 0 Å². The lowest BCUT2D eigenvalue weighted by Gasteiger charge is -2.19. The van der Waals surface area contributed by atoms with Crippen molar-refractivity contribution in [1.82, 2.24) is 19.7 Å². The molecular formula is C12H12FN5S. The van der Waals surface area contributed by atoms with Crippen LogP contribution in [0.25, 0.3) is 11.5 Å². The molecule has 1 aliphatic heterocycles. The van der Waals surface area contributed by atoms with Gasteiger partial charge in [0.25, 0.3) is 0 Å². The third-order valence-electron chi connectivity index (χ3n) is 2.88. The second-order valence-corrected chi connectivity index (χ2v) is 5.10. The van der Waals surface area contributed by atoms with Gasteiger partial charge in [0.2, 0.25) is 0 Å².